The molecule has 2 heterocycles. The van der Waals surface area contributed by atoms with Crippen LogP contribution in [0.5, 0.6) is 0 Å². The van der Waals surface area contributed by atoms with Crippen LogP contribution in [0.3, 0.4) is 0 Å². The van der Waals surface area contributed by atoms with Crippen LogP contribution in [0.25, 0.3) is 0 Å². The lowest BCUT2D eigenvalue weighted by Crippen LogP contribution is -2.42. The molecule has 0 bridgehead atoms. The number of amides is 2. The highest BCUT2D eigenvalue weighted by atomic mass is 79.9. The van der Waals surface area contributed by atoms with Crippen molar-refractivity contribution in [3.05, 3.63) is 44.9 Å². The van der Waals surface area contributed by atoms with E-state index < -0.39 is 17.8 Å². The van der Waals surface area contributed by atoms with Crippen LogP contribution in [0.4, 0.5) is 0 Å². The molecule has 2 rings (SSSR count). The average Bonchev–Trinajstić information content (AvgIpc) is 3.16. The number of esters is 1. The second kappa shape index (κ2) is 8.68. The predicted octanol–water partition coefficient (Wildman–Crippen LogP) is 1.60. The summed E-state index contributed by atoms with van der Waals surface area (Å²) in [5, 5.41) is 0. The molecule has 4 N–H and O–H groups in total. The monoisotopic (exact) mass is 426 g/mol. The Labute approximate surface area is 157 Å². The van der Waals surface area contributed by atoms with Gasteiger partial charge in [0.2, 0.25) is 0 Å². The van der Waals surface area contributed by atoms with Gasteiger partial charge >= 0.3 is 5.97 Å². The summed E-state index contributed by atoms with van der Waals surface area (Å²) in [5.74, 6) is -1.64. The highest BCUT2D eigenvalue weighted by Gasteiger charge is 2.23. The maximum absolute atomic E-state index is 12.3. The van der Waals surface area contributed by atoms with Crippen molar-refractivity contribution in [1.82, 2.24) is 20.8 Å². The molecule has 10 heteroatoms. The molecule has 0 fully saturated rings. The second-order valence-corrected chi connectivity index (χ2v) is 6.31. The molecule has 0 unspecified atom stereocenters. The van der Waals surface area contributed by atoms with Crippen LogP contribution in [0.2, 0.25) is 0 Å². The number of hydrogen-bond acceptors (Lipinski definition) is 5. The van der Waals surface area contributed by atoms with Crippen molar-refractivity contribution >= 4 is 33.7 Å². The van der Waals surface area contributed by atoms with Gasteiger partial charge in [0.1, 0.15) is 18.0 Å². The van der Waals surface area contributed by atoms with Gasteiger partial charge in [0.15, 0.2) is 0 Å². The van der Waals surface area contributed by atoms with Crippen LogP contribution < -0.4 is 10.9 Å². The summed E-state index contributed by atoms with van der Waals surface area (Å²) in [6, 6.07) is 1.57. The molecule has 2 aromatic heterocycles. The first kappa shape index (κ1) is 19.7. The fourth-order valence-corrected chi connectivity index (χ4v) is 2.66. The van der Waals surface area contributed by atoms with Crippen molar-refractivity contribution in [2.24, 2.45) is 0 Å². The average molecular weight is 427 g/mol. The highest BCUT2D eigenvalue weighted by Crippen LogP contribution is 2.19. The summed E-state index contributed by atoms with van der Waals surface area (Å²) in [4.78, 5) is 42.0. The Morgan fingerprint density at radius 1 is 1.15 bits per heavy atom. The molecule has 0 aromatic carbocycles. The van der Waals surface area contributed by atoms with Gasteiger partial charge in [0.25, 0.3) is 11.8 Å². The van der Waals surface area contributed by atoms with E-state index in [1.54, 1.807) is 26.1 Å². The fourth-order valence-electron chi connectivity index (χ4n) is 2.32. The van der Waals surface area contributed by atoms with E-state index in [-0.39, 0.29) is 30.2 Å². The smallest absolute Gasteiger partial charge is 0.340 e. The quantitative estimate of drug-likeness (QED) is 0.317. The highest BCUT2D eigenvalue weighted by molar-refractivity contribution is 9.10. The second-order valence-electron chi connectivity index (χ2n) is 5.39. The summed E-state index contributed by atoms with van der Waals surface area (Å²) < 4.78 is 10.6. The van der Waals surface area contributed by atoms with Crippen LogP contribution in [-0.4, -0.2) is 48.1 Å². The maximum Gasteiger partial charge on any atom is 0.340 e. The van der Waals surface area contributed by atoms with Gasteiger partial charge < -0.3 is 19.4 Å². The zero-order valence-electron chi connectivity index (χ0n) is 14.5. The van der Waals surface area contributed by atoms with E-state index in [1.165, 1.54) is 7.11 Å². The molecular formula is C16H19BrN4O5. The van der Waals surface area contributed by atoms with Gasteiger partial charge in [-0.2, -0.15) is 0 Å². The molecule has 2 amide bonds. The van der Waals surface area contributed by atoms with Gasteiger partial charge in [-0.25, -0.2) is 4.79 Å². The van der Waals surface area contributed by atoms with Crippen LogP contribution in [0, 0.1) is 13.8 Å². The van der Waals surface area contributed by atoms with E-state index in [0.717, 1.165) is 0 Å². The first-order valence-corrected chi connectivity index (χ1v) is 8.44. The van der Waals surface area contributed by atoms with E-state index in [1.807, 2.05) is 0 Å². The van der Waals surface area contributed by atoms with E-state index >= 15 is 0 Å². The first-order valence-electron chi connectivity index (χ1n) is 7.65. The number of ether oxygens (including phenoxy) is 2. The Hall–Kier alpha value is -2.59. The molecule has 0 atom stereocenters. The van der Waals surface area contributed by atoms with Gasteiger partial charge in [-0.1, -0.05) is 0 Å². The molecule has 0 saturated heterocycles. The van der Waals surface area contributed by atoms with Crippen molar-refractivity contribution in [2.75, 3.05) is 20.3 Å². The largest absolute Gasteiger partial charge is 0.460 e. The van der Waals surface area contributed by atoms with E-state index in [0.29, 0.717) is 15.7 Å². The molecule has 0 spiro atoms. The van der Waals surface area contributed by atoms with Gasteiger partial charge in [-0.05, 0) is 41.4 Å². The number of aromatic amines is 2. The predicted molar refractivity (Wildman–Crippen MR) is 95.9 cm³/mol. The zero-order valence-corrected chi connectivity index (χ0v) is 16.1. The number of methoxy groups -OCH3 is 1. The molecule has 2 aromatic rings. The number of halogens is 1. The molecule has 0 aliphatic rings. The number of carbonyl (C=O) groups is 3. The Balaban J connectivity index is 2.04. The van der Waals surface area contributed by atoms with Gasteiger partial charge in [0.05, 0.1) is 12.2 Å². The number of hydrazine groups is 1. The molecular weight excluding hydrogens is 408 g/mol. The minimum atomic E-state index is -0.583. The molecule has 0 aliphatic heterocycles. The maximum atomic E-state index is 12.3. The Bertz CT molecular complexity index is 827. The molecule has 9 nitrogen and oxygen atoms in total. The SMILES string of the molecule is COCCOC(=O)c1c(C)[nH]c(C(=O)NNC(=O)c2cc(Br)c[nH]2)c1C. The summed E-state index contributed by atoms with van der Waals surface area (Å²) >= 11 is 3.22. The third-order valence-electron chi connectivity index (χ3n) is 3.57. The number of hydrogen-bond donors (Lipinski definition) is 4. The lowest BCUT2D eigenvalue weighted by Gasteiger charge is -2.07. The van der Waals surface area contributed by atoms with Crippen molar-refractivity contribution in [2.45, 2.75) is 13.8 Å². The summed E-state index contributed by atoms with van der Waals surface area (Å²) in [6.07, 6.45) is 1.59. The van der Waals surface area contributed by atoms with Crippen LogP contribution in [0.1, 0.15) is 42.6 Å². The van der Waals surface area contributed by atoms with Crippen LogP contribution in [-0.2, 0) is 9.47 Å². The van der Waals surface area contributed by atoms with Crippen molar-refractivity contribution in [1.29, 1.82) is 0 Å². The minimum Gasteiger partial charge on any atom is -0.460 e. The fraction of sp³-hybridized carbons (Fsp3) is 0.312. The summed E-state index contributed by atoms with van der Waals surface area (Å²) in [5.41, 5.74) is 6.24. The van der Waals surface area contributed by atoms with Crippen molar-refractivity contribution in [3.8, 4) is 0 Å². The number of aromatic nitrogens is 2. The third kappa shape index (κ3) is 4.52. The molecule has 0 saturated carbocycles. The number of H-pyrrole nitrogens is 2. The molecule has 26 heavy (non-hydrogen) atoms. The molecule has 140 valence electrons. The lowest BCUT2D eigenvalue weighted by atomic mass is 10.1. The normalized spacial score (nSPS) is 10.5. The third-order valence-corrected chi connectivity index (χ3v) is 4.03. The van der Waals surface area contributed by atoms with Gasteiger partial charge in [-0.3, -0.25) is 20.4 Å². The topological polar surface area (TPSA) is 125 Å². The standard InChI is InChI=1S/C16H19BrN4O5/c1-8-12(16(24)26-5-4-25-3)9(2)19-13(8)15(23)21-20-14(22)11-6-10(17)7-18-11/h6-7,18-19H,4-5H2,1-3H3,(H,20,22)(H,21,23). The number of carbonyl (C=O) groups excluding carboxylic acids is 3. The van der Waals surface area contributed by atoms with Crippen LogP contribution in [0.15, 0.2) is 16.7 Å². The molecule has 0 radical (unpaired) electrons. The van der Waals surface area contributed by atoms with E-state index in [4.69, 9.17) is 9.47 Å². The van der Waals surface area contributed by atoms with Crippen molar-refractivity contribution < 1.29 is 23.9 Å². The number of aryl methyl sites for hydroxylation is 1. The number of rotatable bonds is 6. The lowest BCUT2D eigenvalue weighted by molar-refractivity contribution is 0.0386. The van der Waals surface area contributed by atoms with Gasteiger partial charge in [-0.15, -0.1) is 0 Å². The van der Waals surface area contributed by atoms with E-state index in [9.17, 15) is 14.4 Å². The Morgan fingerprint density at radius 3 is 2.46 bits per heavy atom. The Morgan fingerprint density at radius 2 is 1.85 bits per heavy atom. The van der Waals surface area contributed by atoms with Crippen LogP contribution >= 0.6 is 15.9 Å². The summed E-state index contributed by atoms with van der Waals surface area (Å²) in [6.45, 7) is 3.67. The molecule has 0 aliphatic carbocycles. The first-order chi connectivity index (χ1) is 12.3. The number of nitrogens with one attached hydrogen (secondary N) is 4. The zero-order chi connectivity index (χ0) is 19.3. The van der Waals surface area contributed by atoms with E-state index in [2.05, 4.69) is 36.7 Å². The van der Waals surface area contributed by atoms with Gasteiger partial charge in [0, 0.05) is 23.5 Å². The minimum absolute atomic E-state index is 0.114. The summed E-state index contributed by atoms with van der Waals surface area (Å²) in [7, 11) is 1.50. The Kier molecular flexibility index (Phi) is 6.58. The van der Waals surface area contributed by atoms with Crippen molar-refractivity contribution in [3.63, 3.8) is 0 Å².